The number of carbonyl (C=O) groups excluding carboxylic acids is 1. The second kappa shape index (κ2) is 6.70. The molecule has 0 aliphatic carbocycles. The topological polar surface area (TPSA) is 89.1 Å². The molecule has 2 N–H and O–H groups in total. The summed E-state index contributed by atoms with van der Waals surface area (Å²) in [6, 6.07) is 14.6. The summed E-state index contributed by atoms with van der Waals surface area (Å²) >= 11 is 0. The molecule has 1 aliphatic rings. The Morgan fingerprint density at radius 2 is 1.79 bits per heavy atom. The number of H-pyrrole nitrogens is 1. The van der Waals surface area contributed by atoms with Gasteiger partial charge in [-0.3, -0.25) is 9.78 Å². The lowest BCUT2D eigenvalue weighted by Gasteiger charge is -2.17. The molecule has 0 unspecified atom stereocenters. The van der Waals surface area contributed by atoms with Gasteiger partial charge in [-0.2, -0.15) is 0 Å². The molecule has 0 saturated carbocycles. The smallest absolute Gasteiger partial charge is 0.255 e. The summed E-state index contributed by atoms with van der Waals surface area (Å²) in [5.74, 6) is 1.94. The van der Waals surface area contributed by atoms with Gasteiger partial charge < -0.3 is 19.8 Å². The molecule has 138 valence electrons. The summed E-state index contributed by atoms with van der Waals surface area (Å²) < 4.78 is 11.2. The van der Waals surface area contributed by atoms with Crippen LogP contribution in [-0.4, -0.2) is 34.1 Å². The van der Waals surface area contributed by atoms with E-state index in [1.54, 1.807) is 24.5 Å². The molecule has 1 aliphatic heterocycles. The average Bonchev–Trinajstić information content (AvgIpc) is 3.16. The molecule has 7 heteroatoms. The second-order valence-corrected chi connectivity index (χ2v) is 6.37. The monoisotopic (exact) mass is 372 g/mol. The zero-order valence-corrected chi connectivity index (χ0v) is 14.8. The van der Waals surface area contributed by atoms with E-state index in [4.69, 9.17) is 9.47 Å². The van der Waals surface area contributed by atoms with Gasteiger partial charge in [0.15, 0.2) is 11.5 Å². The molecule has 0 atom stereocenters. The molecule has 28 heavy (non-hydrogen) atoms. The fourth-order valence-electron chi connectivity index (χ4n) is 3.13. The summed E-state index contributed by atoms with van der Waals surface area (Å²) in [5, 5.41) is 2.90. The van der Waals surface area contributed by atoms with Crippen LogP contribution in [0.2, 0.25) is 0 Å². The quantitative estimate of drug-likeness (QED) is 0.573. The minimum atomic E-state index is -0.189. The van der Waals surface area contributed by atoms with Crippen molar-refractivity contribution in [3.05, 3.63) is 66.5 Å². The fraction of sp³-hybridized carbons (Fsp3) is 0.0952. The van der Waals surface area contributed by atoms with E-state index in [0.29, 0.717) is 41.8 Å². The molecule has 0 radical (unpaired) electrons. The van der Waals surface area contributed by atoms with Crippen molar-refractivity contribution in [2.24, 2.45) is 0 Å². The number of benzene rings is 2. The Morgan fingerprint density at radius 1 is 1.00 bits per heavy atom. The SMILES string of the molecule is O=C(Nc1cccc(-c2nc3cc4c(cc3[nH]2)OCCO4)c1)c1ccncc1. The lowest BCUT2D eigenvalue weighted by molar-refractivity contribution is 0.102. The van der Waals surface area contributed by atoms with Crippen LogP contribution in [0.15, 0.2) is 60.9 Å². The highest BCUT2D eigenvalue weighted by atomic mass is 16.6. The van der Waals surface area contributed by atoms with Crippen LogP contribution in [0, 0.1) is 0 Å². The van der Waals surface area contributed by atoms with Gasteiger partial charge in [0.05, 0.1) is 11.0 Å². The Labute approximate surface area is 160 Å². The van der Waals surface area contributed by atoms with E-state index < -0.39 is 0 Å². The number of nitrogens with zero attached hydrogens (tertiary/aromatic N) is 2. The maximum atomic E-state index is 12.4. The third-order valence-corrected chi connectivity index (χ3v) is 4.48. The summed E-state index contributed by atoms with van der Waals surface area (Å²) in [4.78, 5) is 24.3. The first-order valence-electron chi connectivity index (χ1n) is 8.87. The predicted octanol–water partition coefficient (Wildman–Crippen LogP) is 3.65. The molecular formula is C21H16N4O3. The second-order valence-electron chi connectivity index (χ2n) is 6.37. The van der Waals surface area contributed by atoms with Crippen LogP contribution in [0.5, 0.6) is 11.5 Å². The van der Waals surface area contributed by atoms with Crippen molar-refractivity contribution < 1.29 is 14.3 Å². The van der Waals surface area contributed by atoms with Crippen LogP contribution in [0.25, 0.3) is 22.4 Å². The van der Waals surface area contributed by atoms with E-state index >= 15 is 0 Å². The maximum Gasteiger partial charge on any atom is 0.255 e. The van der Waals surface area contributed by atoms with Gasteiger partial charge in [-0.05, 0) is 24.3 Å². The van der Waals surface area contributed by atoms with Crippen molar-refractivity contribution in [3.8, 4) is 22.9 Å². The Kier molecular flexibility index (Phi) is 3.90. The van der Waals surface area contributed by atoms with Gasteiger partial charge in [-0.25, -0.2) is 4.98 Å². The zero-order valence-electron chi connectivity index (χ0n) is 14.8. The molecule has 0 saturated heterocycles. The number of hydrogen-bond donors (Lipinski definition) is 2. The molecule has 0 fully saturated rings. The fourth-order valence-corrected chi connectivity index (χ4v) is 3.13. The summed E-state index contributed by atoms with van der Waals surface area (Å²) in [6.07, 6.45) is 3.18. The molecule has 3 heterocycles. The largest absolute Gasteiger partial charge is 0.486 e. The number of pyridine rings is 1. The highest BCUT2D eigenvalue weighted by molar-refractivity contribution is 6.04. The average molecular weight is 372 g/mol. The Bertz CT molecular complexity index is 1130. The van der Waals surface area contributed by atoms with Gasteiger partial charge in [0, 0.05) is 41.3 Å². The van der Waals surface area contributed by atoms with Crippen LogP contribution >= 0.6 is 0 Å². The number of carbonyl (C=O) groups is 1. The molecule has 4 aromatic rings. The first kappa shape index (κ1) is 16.3. The van der Waals surface area contributed by atoms with Gasteiger partial charge in [0.1, 0.15) is 19.0 Å². The van der Waals surface area contributed by atoms with E-state index in [1.165, 1.54) is 0 Å². The van der Waals surface area contributed by atoms with Crippen molar-refractivity contribution in [1.82, 2.24) is 15.0 Å². The van der Waals surface area contributed by atoms with Crippen molar-refractivity contribution in [2.75, 3.05) is 18.5 Å². The molecule has 0 spiro atoms. The summed E-state index contributed by atoms with van der Waals surface area (Å²) in [6.45, 7) is 1.08. The van der Waals surface area contributed by atoms with Crippen LogP contribution in [0.3, 0.4) is 0 Å². The third-order valence-electron chi connectivity index (χ3n) is 4.48. The molecule has 1 amide bonds. The van der Waals surface area contributed by atoms with Gasteiger partial charge in [-0.1, -0.05) is 12.1 Å². The highest BCUT2D eigenvalue weighted by Gasteiger charge is 2.15. The minimum absolute atomic E-state index is 0.189. The molecule has 2 aromatic carbocycles. The van der Waals surface area contributed by atoms with E-state index in [0.717, 1.165) is 16.6 Å². The lowest BCUT2D eigenvalue weighted by atomic mass is 10.2. The molecule has 2 aromatic heterocycles. The molecular weight excluding hydrogens is 356 g/mol. The van der Waals surface area contributed by atoms with Crippen LogP contribution in [0.1, 0.15) is 10.4 Å². The van der Waals surface area contributed by atoms with E-state index in [1.807, 2.05) is 36.4 Å². The third kappa shape index (κ3) is 3.03. The minimum Gasteiger partial charge on any atom is -0.486 e. The first-order valence-corrected chi connectivity index (χ1v) is 8.87. The van der Waals surface area contributed by atoms with Gasteiger partial charge in [0.2, 0.25) is 0 Å². The van der Waals surface area contributed by atoms with E-state index in [-0.39, 0.29) is 5.91 Å². The molecule has 7 nitrogen and oxygen atoms in total. The number of anilines is 1. The van der Waals surface area contributed by atoms with Gasteiger partial charge >= 0.3 is 0 Å². The number of fused-ring (bicyclic) bond motifs is 2. The van der Waals surface area contributed by atoms with Crippen molar-refractivity contribution in [3.63, 3.8) is 0 Å². The number of imidazole rings is 1. The van der Waals surface area contributed by atoms with E-state index in [2.05, 4.69) is 20.3 Å². The predicted molar refractivity (Wildman–Crippen MR) is 105 cm³/mol. The van der Waals surface area contributed by atoms with Crippen molar-refractivity contribution in [1.29, 1.82) is 0 Å². The zero-order chi connectivity index (χ0) is 18.9. The van der Waals surface area contributed by atoms with Crippen molar-refractivity contribution >= 4 is 22.6 Å². The highest BCUT2D eigenvalue weighted by Crippen LogP contribution is 2.35. The number of aromatic amines is 1. The van der Waals surface area contributed by atoms with Crippen LogP contribution in [0.4, 0.5) is 5.69 Å². The molecule has 0 bridgehead atoms. The van der Waals surface area contributed by atoms with E-state index in [9.17, 15) is 4.79 Å². The number of ether oxygens (including phenoxy) is 2. The summed E-state index contributed by atoms with van der Waals surface area (Å²) in [5.41, 5.74) is 3.76. The standard InChI is InChI=1S/C21H16N4O3/c26-21(13-4-6-22-7-5-13)23-15-3-1-2-14(10-15)20-24-16-11-18-19(12-17(16)25-20)28-9-8-27-18/h1-7,10-12H,8-9H2,(H,23,26)(H,24,25). The number of aromatic nitrogens is 3. The Balaban J connectivity index is 1.45. The van der Waals surface area contributed by atoms with Crippen molar-refractivity contribution in [2.45, 2.75) is 0 Å². The lowest BCUT2D eigenvalue weighted by Crippen LogP contribution is -2.15. The van der Waals surface area contributed by atoms with Crippen LogP contribution < -0.4 is 14.8 Å². The number of amides is 1. The van der Waals surface area contributed by atoms with Gasteiger partial charge in [-0.15, -0.1) is 0 Å². The normalized spacial score (nSPS) is 12.7. The van der Waals surface area contributed by atoms with Gasteiger partial charge in [0.25, 0.3) is 5.91 Å². The number of hydrogen-bond acceptors (Lipinski definition) is 5. The molecule has 5 rings (SSSR count). The number of rotatable bonds is 3. The Hall–Kier alpha value is -3.87. The van der Waals surface area contributed by atoms with Crippen LogP contribution in [-0.2, 0) is 0 Å². The summed E-state index contributed by atoms with van der Waals surface area (Å²) in [7, 11) is 0. The maximum absolute atomic E-state index is 12.4. The number of nitrogens with one attached hydrogen (secondary N) is 2. The Morgan fingerprint density at radius 3 is 2.61 bits per heavy atom. The first-order chi connectivity index (χ1) is 13.8.